The van der Waals surface area contributed by atoms with Gasteiger partial charge in [-0.15, -0.1) is 0 Å². The minimum Gasteiger partial charge on any atom is -0.396 e. The number of halogens is 1. The molecule has 5 heteroatoms. The second kappa shape index (κ2) is 5.28. The van der Waals surface area contributed by atoms with Crippen LogP contribution in [0.25, 0.3) is 0 Å². The summed E-state index contributed by atoms with van der Waals surface area (Å²) in [7, 11) is 0. The van der Waals surface area contributed by atoms with Crippen LogP contribution in [0.4, 0.5) is 5.82 Å². The van der Waals surface area contributed by atoms with Gasteiger partial charge >= 0.3 is 0 Å². The van der Waals surface area contributed by atoms with Gasteiger partial charge in [0.1, 0.15) is 0 Å². The van der Waals surface area contributed by atoms with Crippen molar-refractivity contribution in [1.29, 1.82) is 0 Å². The quantitative estimate of drug-likeness (QED) is 0.827. The van der Waals surface area contributed by atoms with Crippen molar-refractivity contribution in [2.24, 2.45) is 5.92 Å². The van der Waals surface area contributed by atoms with Gasteiger partial charge in [0.05, 0.1) is 11.4 Å². The van der Waals surface area contributed by atoms with Crippen LogP contribution in [-0.2, 0) is 0 Å². The van der Waals surface area contributed by atoms with Crippen molar-refractivity contribution in [2.45, 2.75) is 20.8 Å². The summed E-state index contributed by atoms with van der Waals surface area (Å²) >= 11 is 5.93. The number of hydrogen-bond donors (Lipinski definition) is 2. The fraction of sp³-hybridized carbons (Fsp3) is 0.600. The molecule has 0 aliphatic carbocycles. The van der Waals surface area contributed by atoms with Crippen molar-refractivity contribution in [2.75, 3.05) is 18.5 Å². The van der Waals surface area contributed by atoms with Crippen molar-refractivity contribution >= 4 is 17.4 Å². The Morgan fingerprint density at radius 1 is 1.33 bits per heavy atom. The second-order valence-corrected chi connectivity index (χ2v) is 4.06. The number of rotatable bonds is 4. The first kappa shape index (κ1) is 12.2. The number of aryl methyl sites for hydroxylation is 2. The normalized spacial score (nSPS) is 12.6. The molecule has 1 heterocycles. The third-order valence-electron chi connectivity index (χ3n) is 2.19. The van der Waals surface area contributed by atoms with E-state index < -0.39 is 0 Å². The molecule has 4 nitrogen and oxygen atoms in total. The third kappa shape index (κ3) is 3.32. The van der Waals surface area contributed by atoms with Crippen molar-refractivity contribution in [3.8, 4) is 0 Å². The monoisotopic (exact) mass is 229 g/mol. The SMILES string of the molecule is Cc1nc(Cl)c(NCC(C)CO)nc1C. The molecule has 0 aromatic carbocycles. The molecule has 1 atom stereocenters. The molecule has 1 aromatic heterocycles. The van der Waals surface area contributed by atoms with E-state index in [0.717, 1.165) is 11.4 Å². The van der Waals surface area contributed by atoms with E-state index in [0.29, 0.717) is 17.5 Å². The standard InChI is InChI=1S/C10H16ClN3O/c1-6(5-15)4-12-10-9(11)13-7(2)8(3)14-10/h6,15H,4-5H2,1-3H3,(H,12,14). The molecule has 1 rings (SSSR count). The zero-order chi connectivity index (χ0) is 11.4. The summed E-state index contributed by atoms with van der Waals surface area (Å²) in [6.45, 7) is 6.47. The predicted octanol–water partition coefficient (Wildman–Crippen LogP) is 1.79. The Bertz CT molecular complexity index is 344. The number of aliphatic hydroxyl groups excluding tert-OH is 1. The summed E-state index contributed by atoms with van der Waals surface area (Å²) in [5.41, 5.74) is 1.69. The molecule has 1 aromatic rings. The number of nitrogens with one attached hydrogen (secondary N) is 1. The van der Waals surface area contributed by atoms with Gasteiger partial charge in [-0.3, -0.25) is 0 Å². The lowest BCUT2D eigenvalue weighted by atomic mass is 10.2. The topological polar surface area (TPSA) is 58.0 Å². The molecular formula is C10H16ClN3O. The average Bonchev–Trinajstić information content (AvgIpc) is 2.21. The van der Waals surface area contributed by atoms with E-state index in [1.54, 1.807) is 0 Å². The first-order valence-corrected chi connectivity index (χ1v) is 5.28. The highest BCUT2D eigenvalue weighted by Gasteiger charge is 2.07. The smallest absolute Gasteiger partial charge is 0.171 e. The second-order valence-electron chi connectivity index (χ2n) is 3.70. The molecule has 0 saturated carbocycles. The molecule has 0 bridgehead atoms. The summed E-state index contributed by atoms with van der Waals surface area (Å²) in [5.74, 6) is 0.754. The van der Waals surface area contributed by atoms with Crippen LogP contribution in [0.15, 0.2) is 0 Å². The maximum Gasteiger partial charge on any atom is 0.171 e. The van der Waals surface area contributed by atoms with E-state index in [9.17, 15) is 0 Å². The van der Waals surface area contributed by atoms with Crippen LogP contribution in [-0.4, -0.2) is 28.2 Å². The molecule has 0 amide bonds. The minimum atomic E-state index is 0.142. The Labute approximate surface area is 94.7 Å². The van der Waals surface area contributed by atoms with E-state index in [-0.39, 0.29) is 12.5 Å². The van der Waals surface area contributed by atoms with Crippen molar-refractivity contribution in [3.05, 3.63) is 16.5 Å². The number of hydrogen-bond acceptors (Lipinski definition) is 4. The van der Waals surface area contributed by atoms with Gasteiger partial charge in [0, 0.05) is 13.2 Å². The fourth-order valence-corrected chi connectivity index (χ4v) is 1.26. The first-order chi connectivity index (χ1) is 7.04. The highest BCUT2D eigenvalue weighted by Crippen LogP contribution is 2.18. The van der Waals surface area contributed by atoms with Crippen LogP contribution >= 0.6 is 11.6 Å². The van der Waals surface area contributed by atoms with E-state index in [2.05, 4.69) is 15.3 Å². The van der Waals surface area contributed by atoms with E-state index in [4.69, 9.17) is 16.7 Å². The summed E-state index contributed by atoms with van der Waals surface area (Å²) in [4.78, 5) is 8.45. The first-order valence-electron chi connectivity index (χ1n) is 4.90. The number of aliphatic hydroxyl groups is 1. The summed E-state index contributed by atoms with van der Waals surface area (Å²) in [5, 5.41) is 12.3. The lowest BCUT2D eigenvalue weighted by molar-refractivity contribution is 0.244. The number of aromatic nitrogens is 2. The number of nitrogens with zero attached hydrogens (tertiary/aromatic N) is 2. The lowest BCUT2D eigenvalue weighted by Crippen LogP contribution is -2.16. The molecule has 84 valence electrons. The summed E-state index contributed by atoms with van der Waals surface area (Å²) in [6.07, 6.45) is 0. The molecular weight excluding hydrogens is 214 g/mol. The van der Waals surface area contributed by atoms with Crippen LogP contribution < -0.4 is 5.32 Å². The molecule has 2 N–H and O–H groups in total. The Balaban J connectivity index is 2.73. The maximum atomic E-state index is 8.87. The number of anilines is 1. The lowest BCUT2D eigenvalue weighted by Gasteiger charge is -2.12. The Hall–Kier alpha value is -0.870. The van der Waals surface area contributed by atoms with E-state index >= 15 is 0 Å². The minimum absolute atomic E-state index is 0.142. The highest BCUT2D eigenvalue weighted by atomic mass is 35.5. The Kier molecular flexibility index (Phi) is 4.29. The van der Waals surface area contributed by atoms with Gasteiger partial charge in [-0.25, -0.2) is 9.97 Å². The molecule has 1 unspecified atom stereocenters. The largest absolute Gasteiger partial charge is 0.396 e. The van der Waals surface area contributed by atoms with Crippen LogP contribution in [0.1, 0.15) is 18.3 Å². The molecule has 0 aliphatic heterocycles. The molecule has 0 fully saturated rings. The molecule has 0 radical (unpaired) electrons. The van der Waals surface area contributed by atoms with Gasteiger partial charge < -0.3 is 10.4 Å². The van der Waals surface area contributed by atoms with Gasteiger partial charge in [-0.2, -0.15) is 0 Å². The van der Waals surface area contributed by atoms with Gasteiger partial charge in [0.2, 0.25) is 0 Å². The fourth-order valence-electron chi connectivity index (χ4n) is 1.02. The molecule has 15 heavy (non-hydrogen) atoms. The van der Waals surface area contributed by atoms with Crippen molar-refractivity contribution < 1.29 is 5.11 Å². The Morgan fingerprint density at radius 3 is 2.53 bits per heavy atom. The van der Waals surface area contributed by atoms with E-state index in [1.165, 1.54) is 0 Å². The zero-order valence-electron chi connectivity index (χ0n) is 9.21. The van der Waals surface area contributed by atoms with Crippen LogP contribution in [0.2, 0.25) is 5.15 Å². The van der Waals surface area contributed by atoms with E-state index in [1.807, 2.05) is 20.8 Å². The third-order valence-corrected chi connectivity index (χ3v) is 2.46. The predicted molar refractivity (Wildman–Crippen MR) is 61.3 cm³/mol. The average molecular weight is 230 g/mol. The van der Waals surface area contributed by atoms with Gasteiger partial charge in [0.25, 0.3) is 0 Å². The van der Waals surface area contributed by atoms with Crippen LogP contribution in [0.3, 0.4) is 0 Å². The van der Waals surface area contributed by atoms with Crippen molar-refractivity contribution in [3.63, 3.8) is 0 Å². The van der Waals surface area contributed by atoms with Crippen LogP contribution in [0.5, 0.6) is 0 Å². The van der Waals surface area contributed by atoms with Gasteiger partial charge in [-0.05, 0) is 19.8 Å². The van der Waals surface area contributed by atoms with Crippen LogP contribution in [0, 0.1) is 19.8 Å². The summed E-state index contributed by atoms with van der Waals surface area (Å²) < 4.78 is 0. The highest BCUT2D eigenvalue weighted by molar-refractivity contribution is 6.31. The molecule has 0 saturated heterocycles. The van der Waals surface area contributed by atoms with Crippen molar-refractivity contribution in [1.82, 2.24) is 9.97 Å². The Morgan fingerprint density at radius 2 is 1.93 bits per heavy atom. The summed E-state index contributed by atoms with van der Waals surface area (Å²) in [6, 6.07) is 0. The molecule has 0 spiro atoms. The van der Waals surface area contributed by atoms with Gasteiger partial charge in [0.15, 0.2) is 11.0 Å². The van der Waals surface area contributed by atoms with Gasteiger partial charge in [-0.1, -0.05) is 18.5 Å². The zero-order valence-corrected chi connectivity index (χ0v) is 9.97. The molecule has 0 aliphatic rings. The maximum absolute atomic E-state index is 8.87.